The Morgan fingerprint density at radius 1 is 0.800 bits per heavy atom. The molecular formula is C17H13NO5S2. The molecule has 0 fully saturated rings. The summed E-state index contributed by atoms with van der Waals surface area (Å²) in [6.07, 6.45) is 1.92. The summed E-state index contributed by atoms with van der Waals surface area (Å²) in [5, 5.41) is 0. The van der Waals surface area contributed by atoms with Gasteiger partial charge in [-0.15, -0.1) is 0 Å². The summed E-state index contributed by atoms with van der Waals surface area (Å²) in [5.74, 6) is -0.688. The van der Waals surface area contributed by atoms with Crippen LogP contribution in [0.25, 0.3) is 0 Å². The largest absolute Gasteiger partial charge is 0.288 e. The first-order valence-electron chi connectivity index (χ1n) is 7.16. The SMILES string of the molecule is CS(=O)(=O)/N=C1\C=C(S(=O)(=O)c2ccccc2)C(=O)c2ccccc21. The highest BCUT2D eigenvalue weighted by atomic mass is 32.2. The number of carbonyl (C=O) groups excluding carboxylic acids is 1. The molecule has 0 radical (unpaired) electrons. The van der Waals surface area contributed by atoms with Crippen LogP contribution in [-0.4, -0.2) is 34.6 Å². The summed E-state index contributed by atoms with van der Waals surface area (Å²) in [6.45, 7) is 0. The van der Waals surface area contributed by atoms with Gasteiger partial charge in [0.15, 0.2) is 0 Å². The number of carbonyl (C=O) groups is 1. The molecule has 0 saturated heterocycles. The lowest BCUT2D eigenvalue weighted by Crippen LogP contribution is -2.23. The second-order valence-electron chi connectivity index (χ2n) is 5.41. The van der Waals surface area contributed by atoms with Crippen molar-refractivity contribution in [2.24, 2.45) is 4.40 Å². The zero-order chi connectivity index (χ0) is 18.2. The van der Waals surface area contributed by atoms with E-state index in [1.807, 2.05) is 0 Å². The van der Waals surface area contributed by atoms with Crippen molar-refractivity contribution in [2.75, 3.05) is 6.26 Å². The Bertz CT molecular complexity index is 1130. The molecule has 1 aliphatic rings. The van der Waals surface area contributed by atoms with E-state index < -0.39 is 30.5 Å². The third-order valence-corrected chi connectivity index (χ3v) is 5.85. The van der Waals surface area contributed by atoms with E-state index in [0.29, 0.717) is 0 Å². The molecule has 0 heterocycles. The van der Waals surface area contributed by atoms with Crippen LogP contribution in [0, 0.1) is 0 Å². The van der Waals surface area contributed by atoms with Gasteiger partial charge in [0.2, 0.25) is 15.6 Å². The van der Waals surface area contributed by atoms with Crippen LogP contribution in [0.15, 0.2) is 74.9 Å². The van der Waals surface area contributed by atoms with Gasteiger partial charge < -0.3 is 0 Å². The fourth-order valence-electron chi connectivity index (χ4n) is 2.49. The topological polar surface area (TPSA) is 97.7 Å². The van der Waals surface area contributed by atoms with Crippen molar-refractivity contribution in [3.8, 4) is 0 Å². The molecule has 0 amide bonds. The average Bonchev–Trinajstić information content (AvgIpc) is 2.57. The number of nitrogens with zero attached hydrogens (tertiary/aromatic N) is 1. The second kappa shape index (κ2) is 6.05. The lowest BCUT2D eigenvalue weighted by atomic mass is 9.94. The van der Waals surface area contributed by atoms with Crippen LogP contribution in [0.2, 0.25) is 0 Å². The number of allylic oxidation sites excluding steroid dienone is 2. The number of hydrogen-bond acceptors (Lipinski definition) is 5. The summed E-state index contributed by atoms with van der Waals surface area (Å²) in [4.78, 5) is 12.1. The highest BCUT2D eigenvalue weighted by Gasteiger charge is 2.33. The normalized spacial score (nSPS) is 16.4. The van der Waals surface area contributed by atoms with Crippen molar-refractivity contribution in [3.63, 3.8) is 0 Å². The zero-order valence-electron chi connectivity index (χ0n) is 13.1. The predicted molar refractivity (Wildman–Crippen MR) is 93.9 cm³/mol. The molecule has 128 valence electrons. The molecule has 6 nitrogen and oxygen atoms in total. The molecular weight excluding hydrogens is 362 g/mol. The number of rotatable bonds is 3. The van der Waals surface area contributed by atoms with Crippen molar-refractivity contribution in [2.45, 2.75) is 4.90 Å². The fraction of sp³-hybridized carbons (Fsp3) is 0.0588. The van der Waals surface area contributed by atoms with E-state index >= 15 is 0 Å². The van der Waals surface area contributed by atoms with Crippen LogP contribution >= 0.6 is 0 Å². The Kier molecular flexibility index (Phi) is 4.18. The molecule has 0 spiro atoms. The average molecular weight is 375 g/mol. The van der Waals surface area contributed by atoms with Crippen LogP contribution in [0.3, 0.4) is 0 Å². The van der Waals surface area contributed by atoms with Gasteiger partial charge in [-0.3, -0.25) is 4.79 Å². The number of fused-ring (bicyclic) bond motifs is 1. The molecule has 3 rings (SSSR count). The van der Waals surface area contributed by atoms with Crippen molar-refractivity contribution >= 4 is 31.4 Å². The summed E-state index contributed by atoms with van der Waals surface area (Å²) in [5.41, 5.74) is 0.305. The molecule has 0 unspecified atom stereocenters. The number of hydrogen-bond donors (Lipinski definition) is 0. The first kappa shape index (κ1) is 17.2. The number of Topliss-reactive ketones (excluding diaryl/α,β-unsaturated/α-hetero) is 1. The zero-order valence-corrected chi connectivity index (χ0v) is 14.7. The number of sulfone groups is 1. The molecule has 25 heavy (non-hydrogen) atoms. The quantitative estimate of drug-likeness (QED) is 0.817. The third-order valence-electron chi connectivity index (χ3n) is 3.55. The van der Waals surface area contributed by atoms with Crippen LogP contribution in [-0.2, 0) is 19.9 Å². The molecule has 1 aliphatic carbocycles. The van der Waals surface area contributed by atoms with Gasteiger partial charge in [-0.05, 0) is 18.2 Å². The third kappa shape index (κ3) is 3.31. The monoisotopic (exact) mass is 375 g/mol. The van der Waals surface area contributed by atoms with Gasteiger partial charge in [-0.2, -0.15) is 4.40 Å². The van der Waals surface area contributed by atoms with Gasteiger partial charge in [0, 0.05) is 11.1 Å². The smallest absolute Gasteiger partial charge is 0.250 e. The first-order chi connectivity index (χ1) is 11.7. The number of ketones is 1. The van der Waals surface area contributed by atoms with E-state index in [9.17, 15) is 21.6 Å². The summed E-state index contributed by atoms with van der Waals surface area (Å²) >= 11 is 0. The summed E-state index contributed by atoms with van der Waals surface area (Å²) < 4.78 is 52.4. The Morgan fingerprint density at radius 2 is 1.36 bits per heavy atom. The molecule has 0 N–H and O–H groups in total. The molecule has 2 aromatic rings. The molecule has 0 aliphatic heterocycles. The molecule has 8 heteroatoms. The number of benzene rings is 2. The van der Waals surface area contributed by atoms with Crippen molar-refractivity contribution in [1.29, 1.82) is 0 Å². The van der Waals surface area contributed by atoms with Crippen molar-refractivity contribution < 1.29 is 21.6 Å². The van der Waals surface area contributed by atoms with Crippen LogP contribution < -0.4 is 0 Å². The summed E-state index contributed by atoms with van der Waals surface area (Å²) in [7, 11) is -7.89. The molecule has 0 saturated carbocycles. The molecule has 0 aromatic heterocycles. The van der Waals surface area contributed by atoms with Crippen LogP contribution in [0.1, 0.15) is 15.9 Å². The molecule has 0 atom stereocenters. The van der Waals surface area contributed by atoms with Gasteiger partial charge in [-0.25, -0.2) is 16.8 Å². The lowest BCUT2D eigenvalue weighted by Gasteiger charge is -2.17. The Hall–Kier alpha value is -2.58. The highest BCUT2D eigenvalue weighted by molar-refractivity contribution is 7.96. The standard InChI is InChI=1S/C17H13NO5S2/c1-24(20,21)18-15-11-16(17(19)14-10-6-5-9-13(14)15)25(22,23)12-7-3-2-4-8-12/h2-11H,1H3/b18-15+. The van der Waals surface area contributed by atoms with Gasteiger partial charge >= 0.3 is 0 Å². The van der Waals surface area contributed by atoms with E-state index in [-0.39, 0.29) is 21.7 Å². The van der Waals surface area contributed by atoms with E-state index in [4.69, 9.17) is 0 Å². The Labute approximate surface area is 145 Å². The predicted octanol–water partition coefficient (Wildman–Crippen LogP) is 1.99. The second-order valence-corrected chi connectivity index (χ2v) is 8.98. The van der Waals surface area contributed by atoms with E-state index in [1.165, 1.54) is 24.3 Å². The maximum absolute atomic E-state index is 12.8. The minimum absolute atomic E-state index is 0.0484. The Morgan fingerprint density at radius 3 is 1.96 bits per heavy atom. The van der Waals surface area contributed by atoms with Crippen molar-refractivity contribution in [1.82, 2.24) is 0 Å². The van der Waals surface area contributed by atoms with E-state index in [2.05, 4.69) is 4.40 Å². The first-order valence-corrected chi connectivity index (χ1v) is 10.5. The van der Waals surface area contributed by atoms with Gasteiger partial charge in [-0.1, -0.05) is 42.5 Å². The minimum atomic E-state index is -4.11. The maximum Gasteiger partial charge on any atom is 0.250 e. The fourth-order valence-corrected chi connectivity index (χ4v) is 4.38. The Balaban J connectivity index is 2.28. The van der Waals surface area contributed by atoms with E-state index in [0.717, 1.165) is 12.3 Å². The molecule has 2 aromatic carbocycles. The summed E-state index contributed by atoms with van der Waals surface area (Å²) in [6, 6.07) is 13.7. The van der Waals surface area contributed by atoms with Gasteiger partial charge in [0.05, 0.1) is 16.9 Å². The minimum Gasteiger partial charge on any atom is -0.288 e. The molecule has 0 bridgehead atoms. The maximum atomic E-state index is 12.8. The van der Waals surface area contributed by atoms with Crippen molar-refractivity contribution in [3.05, 3.63) is 76.7 Å². The van der Waals surface area contributed by atoms with Gasteiger partial charge in [0.25, 0.3) is 10.0 Å². The lowest BCUT2D eigenvalue weighted by molar-refractivity contribution is 0.104. The van der Waals surface area contributed by atoms with E-state index in [1.54, 1.807) is 30.3 Å². The van der Waals surface area contributed by atoms with Gasteiger partial charge in [0.1, 0.15) is 4.91 Å². The van der Waals surface area contributed by atoms with Crippen LogP contribution in [0.4, 0.5) is 0 Å². The highest BCUT2D eigenvalue weighted by Crippen LogP contribution is 2.29. The van der Waals surface area contributed by atoms with Crippen LogP contribution in [0.5, 0.6) is 0 Å². The number of sulfonamides is 1.